The molecule has 0 fully saturated rings. The van der Waals surface area contributed by atoms with Gasteiger partial charge in [-0.25, -0.2) is 0 Å². The third-order valence-corrected chi connectivity index (χ3v) is 1.84. The maximum Gasteiger partial charge on any atom is 0.0994 e. The van der Waals surface area contributed by atoms with Crippen molar-refractivity contribution in [2.75, 3.05) is 0 Å². The molecule has 0 aromatic heterocycles. The Balaban J connectivity index is 5.04. The van der Waals surface area contributed by atoms with Crippen LogP contribution in [-0.2, 0) is 0 Å². The van der Waals surface area contributed by atoms with Crippen molar-refractivity contribution in [3.63, 3.8) is 0 Å². The van der Waals surface area contributed by atoms with Crippen molar-refractivity contribution >= 4 is 0 Å². The minimum absolute atomic E-state index is 0.635. The Bertz CT molecular complexity index is 342. The number of rotatable bonds is 3. The van der Waals surface area contributed by atoms with Gasteiger partial charge >= 0.3 is 0 Å². The summed E-state index contributed by atoms with van der Waals surface area (Å²) in [5, 5.41) is 8.85. The molecule has 0 aliphatic carbocycles. The van der Waals surface area contributed by atoms with Crippen molar-refractivity contribution in [1.29, 1.82) is 5.26 Å². The molecule has 0 N–H and O–H groups in total. The molecule has 0 aliphatic rings. The van der Waals surface area contributed by atoms with Gasteiger partial charge in [-0.1, -0.05) is 30.4 Å². The lowest BCUT2D eigenvalue weighted by Gasteiger charge is -2.05. The maximum atomic E-state index is 8.85. The summed E-state index contributed by atoms with van der Waals surface area (Å²) in [4.78, 5) is 0. The molecule has 0 spiro atoms. The van der Waals surface area contributed by atoms with E-state index in [2.05, 4.69) is 12.6 Å². The van der Waals surface area contributed by atoms with Crippen LogP contribution in [0.3, 0.4) is 0 Å². The lowest BCUT2D eigenvalue weighted by atomic mass is 9.98. The average molecular weight is 187 g/mol. The van der Waals surface area contributed by atoms with Gasteiger partial charge in [0, 0.05) is 0 Å². The summed E-state index contributed by atoms with van der Waals surface area (Å²) in [5.74, 6) is 0. The van der Waals surface area contributed by atoms with Crippen molar-refractivity contribution in [2.24, 2.45) is 0 Å². The quantitative estimate of drug-likeness (QED) is 0.485. The van der Waals surface area contributed by atoms with E-state index < -0.39 is 0 Å². The first-order chi connectivity index (χ1) is 6.56. The Morgan fingerprint density at radius 1 is 1.21 bits per heavy atom. The molecule has 0 aromatic carbocycles. The van der Waals surface area contributed by atoms with Gasteiger partial charge in [0.15, 0.2) is 0 Å². The van der Waals surface area contributed by atoms with Gasteiger partial charge in [-0.2, -0.15) is 5.26 Å². The van der Waals surface area contributed by atoms with E-state index in [-0.39, 0.29) is 0 Å². The molecule has 0 heterocycles. The van der Waals surface area contributed by atoms with Gasteiger partial charge in [0.05, 0.1) is 11.6 Å². The Morgan fingerprint density at radius 2 is 1.79 bits per heavy atom. The van der Waals surface area contributed by atoms with Crippen molar-refractivity contribution in [2.45, 2.75) is 27.7 Å². The molecule has 74 valence electrons. The zero-order valence-electron chi connectivity index (χ0n) is 9.39. The Labute approximate surface area is 86.8 Å². The van der Waals surface area contributed by atoms with Crippen LogP contribution in [0.25, 0.3) is 0 Å². The van der Waals surface area contributed by atoms with Crippen LogP contribution < -0.4 is 0 Å². The van der Waals surface area contributed by atoms with E-state index in [4.69, 9.17) is 5.26 Å². The second-order valence-corrected chi connectivity index (χ2v) is 3.26. The van der Waals surface area contributed by atoms with E-state index in [9.17, 15) is 0 Å². The largest absolute Gasteiger partial charge is 0.192 e. The van der Waals surface area contributed by atoms with Crippen molar-refractivity contribution in [3.05, 3.63) is 47.1 Å². The van der Waals surface area contributed by atoms with Crippen molar-refractivity contribution in [3.8, 4) is 6.07 Å². The lowest BCUT2D eigenvalue weighted by Crippen LogP contribution is -1.89. The third-order valence-electron chi connectivity index (χ3n) is 1.84. The van der Waals surface area contributed by atoms with E-state index in [1.54, 1.807) is 6.08 Å². The smallest absolute Gasteiger partial charge is 0.0994 e. The highest BCUT2D eigenvalue weighted by Gasteiger charge is 2.03. The summed E-state index contributed by atoms with van der Waals surface area (Å²) in [5.41, 5.74) is 3.64. The molecule has 0 aliphatic heterocycles. The topological polar surface area (TPSA) is 23.8 Å². The molecule has 0 aromatic rings. The molecule has 0 radical (unpaired) electrons. The number of nitrogens with zero attached hydrogens (tertiary/aromatic N) is 1. The first kappa shape index (κ1) is 12.5. The van der Waals surface area contributed by atoms with Crippen molar-refractivity contribution in [1.82, 2.24) is 0 Å². The molecule has 0 saturated carbocycles. The molecule has 0 bridgehead atoms. The van der Waals surface area contributed by atoms with E-state index in [0.29, 0.717) is 5.57 Å². The molecule has 14 heavy (non-hydrogen) atoms. The van der Waals surface area contributed by atoms with Crippen LogP contribution >= 0.6 is 0 Å². The lowest BCUT2D eigenvalue weighted by molar-refractivity contribution is 1.34. The van der Waals surface area contributed by atoms with E-state index in [1.807, 2.05) is 39.8 Å². The molecule has 0 unspecified atom stereocenters. The normalized spacial score (nSPS) is 11.9. The highest BCUT2D eigenvalue weighted by molar-refractivity contribution is 5.55. The van der Waals surface area contributed by atoms with Crippen LogP contribution in [-0.4, -0.2) is 0 Å². The van der Waals surface area contributed by atoms with Crippen LogP contribution in [0, 0.1) is 11.3 Å². The van der Waals surface area contributed by atoms with Crippen LogP contribution in [0.1, 0.15) is 27.7 Å². The number of nitriles is 1. The highest BCUT2D eigenvalue weighted by atomic mass is 14.2. The summed E-state index contributed by atoms with van der Waals surface area (Å²) in [6.07, 6.45) is 5.78. The van der Waals surface area contributed by atoms with Gasteiger partial charge in [0.25, 0.3) is 0 Å². The standard InChI is InChI=1S/C13H17N/c1-6-12(8-10(3)4)11(5)13(7-2)9-14/h6-8H,5H2,1-4H3/b12-6+,13-7-. The fourth-order valence-corrected chi connectivity index (χ4v) is 1.12. The minimum Gasteiger partial charge on any atom is -0.192 e. The number of hydrogen-bond acceptors (Lipinski definition) is 1. The molecule has 0 rings (SSSR count). The van der Waals surface area contributed by atoms with Crippen LogP contribution in [0.2, 0.25) is 0 Å². The average Bonchev–Trinajstić information content (AvgIpc) is 2.15. The summed E-state index contributed by atoms with van der Waals surface area (Å²) in [6, 6.07) is 2.13. The first-order valence-electron chi connectivity index (χ1n) is 4.64. The first-order valence-corrected chi connectivity index (χ1v) is 4.64. The maximum absolute atomic E-state index is 8.85. The van der Waals surface area contributed by atoms with Crippen LogP contribution in [0.5, 0.6) is 0 Å². The van der Waals surface area contributed by atoms with E-state index >= 15 is 0 Å². The van der Waals surface area contributed by atoms with Crippen LogP contribution in [0.4, 0.5) is 0 Å². The summed E-state index contributed by atoms with van der Waals surface area (Å²) in [6.45, 7) is 11.8. The SMILES string of the molecule is C=C(/C(C#N)=C\C)/C(C=C(C)C)=C/C. The molecule has 1 heteroatoms. The Hall–Kier alpha value is -1.55. The summed E-state index contributed by atoms with van der Waals surface area (Å²) < 4.78 is 0. The van der Waals surface area contributed by atoms with Gasteiger partial charge in [-0.15, -0.1) is 0 Å². The predicted molar refractivity (Wildman–Crippen MR) is 61.7 cm³/mol. The van der Waals surface area contributed by atoms with Crippen LogP contribution in [0.15, 0.2) is 47.1 Å². The minimum atomic E-state index is 0.635. The predicted octanol–water partition coefficient (Wildman–Crippen LogP) is 3.92. The second-order valence-electron chi connectivity index (χ2n) is 3.26. The third kappa shape index (κ3) is 3.45. The zero-order valence-corrected chi connectivity index (χ0v) is 9.39. The highest BCUT2D eigenvalue weighted by Crippen LogP contribution is 2.19. The van der Waals surface area contributed by atoms with Gasteiger partial charge in [-0.3, -0.25) is 0 Å². The molecule has 0 saturated heterocycles. The summed E-state index contributed by atoms with van der Waals surface area (Å²) in [7, 11) is 0. The van der Waals surface area contributed by atoms with Gasteiger partial charge in [-0.05, 0) is 38.8 Å². The fourth-order valence-electron chi connectivity index (χ4n) is 1.12. The summed E-state index contributed by atoms with van der Waals surface area (Å²) >= 11 is 0. The van der Waals surface area contributed by atoms with Gasteiger partial charge in [0.2, 0.25) is 0 Å². The van der Waals surface area contributed by atoms with Gasteiger partial charge < -0.3 is 0 Å². The molecular weight excluding hydrogens is 170 g/mol. The Kier molecular flexibility index (Phi) is 5.33. The monoisotopic (exact) mass is 187 g/mol. The molecule has 1 nitrogen and oxygen atoms in total. The second kappa shape index (κ2) is 5.99. The van der Waals surface area contributed by atoms with Gasteiger partial charge in [0.1, 0.15) is 0 Å². The number of allylic oxidation sites excluding steroid dienone is 7. The molecule has 0 amide bonds. The Morgan fingerprint density at radius 3 is 2.07 bits per heavy atom. The van der Waals surface area contributed by atoms with Crippen molar-refractivity contribution < 1.29 is 0 Å². The fraction of sp³-hybridized carbons (Fsp3) is 0.308. The zero-order chi connectivity index (χ0) is 11.1. The van der Waals surface area contributed by atoms with E-state index in [0.717, 1.165) is 11.1 Å². The number of hydrogen-bond donors (Lipinski definition) is 0. The molecular formula is C13H17N. The molecule has 0 atom stereocenters. The van der Waals surface area contributed by atoms with E-state index in [1.165, 1.54) is 5.57 Å².